The number of carbonyl (C=O) groups excluding carboxylic acids is 4. The molecule has 1 aromatic rings. The van der Waals surface area contributed by atoms with Crippen LogP contribution in [0.3, 0.4) is 0 Å². The second-order valence-corrected chi connectivity index (χ2v) is 16.4. The topological polar surface area (TPSA) is 186 Å². The van der Waals surface area contributed by atoms with Crippen LogP contribution in [0.5, 0.6) is 5.88 Å². The van der Waals surface area contributed by atoms with E-state index in [1.165, 1.54) is 17.0 Å². The van der Waals surface area contributed by atoms with Crippen molar-refractivity contribution in [2.75, 3.05) is 6.54 Å². The molecule has 47 heavy (non-hydrogen) atoms. The minimum Gasteiger partial charge on any atom is -0.472 e. The van der Waals surface area contributed by atoms with Crippen LogP contribution in [0.25, 0.3) is 0 Å². The number of nitrogens with zero attached hydrogens (tertiary/aromatic N) is 3. The molecule has 4 aliphatic rings. The van der Waals surface area contributed by atoms with E-state index in [0.717, 1.165) is 25.7 Å². The van der Waals surface area contributed by atoms with Crippen molar-refractivity contribution in [3.05, 3.63) is 29.2 Å². The second-order valence-electron chi connectivity index (χ2n) is 13.7. The monoisotopic (exact) mass is 714 g/mol. The molecule has 5 atom stereocenters. The molecule has 0 bridgehead atoms. The molecule has 4 amide bonds. The number of likely N-dealkylation sites (tertiary alicyclic amines) is 1. The highest BCUT2D eigenvalue weighted by Gasteiger charge is 2.62. The molecule has 4 fully saturated rings. The molecule has 14 nitrogen and oxygen atoms in total. The van der Waals surface area contributed by atoms with Gasteiger partial charge in [0.2, 0.25) is 33.0 Å². The Morgan fingerprint density at radius 3 is 2.36 bits per heavy atom. The number of sulfonamides is 1. The largest absolute Gasteiger partial charge is 0.472 e. The predicted octanol–water partition coefficient (Wildman–Crippen LogP) is 2.88. The van der Waals surface area contributed by atoms with Crippen LogP contribution in [0.4, 0.5) is 4.79 Å². The summed E-state index contributed by atoms with van der Waals surface area (Å²) in [5, 5.41) is 4.66. The fraction of sp³-hybridized carbons (Fsp3) is 0.667. The van der Waals surface area contributed by atoms with Gasteiger partial charge in [0.1, 0.15) is 35.0 Å². The van der Waals surface area contributed by atoms with Crippen LogP contribution in [0.1, 0.15) is 72.1 Å². The van der Waals surface area contributed by atoms with Gasteiger partial charge < -0.3 is 25.0 Å². The number of ether oxygens (including phenoxy) is 2. The molecule has 258 valence electrons. The van der Waals surface area contributed by atoms with Crippen molar-refractivity contribution < 1.29 is 37.1 Å². The van der Waals surface area contributed by atoms with Crippen molar-refractivity contribution in [2.24, 2.45) is 11.3 Å². The molecule has 2 heterocycles. The van der Waals surface area contributed by atoms with Gasteiger partial charge in [-0.3, -0.25) is 19.1 Å². The number of alkyl carbamates (subject to hydrolysis) is 1. The molecule has 5 rings (SSSR count). The van der Waals surface area contributed by atoms with Crippen molar-refractivity contribution in [1.29, 1.82) is 0 Å². The first-order valence-electron chi connectivity index (χ1n) is 15.7. The third-order valence-electron chi connectivity index (χ3n) is 8.98. The molecule has 1 saturated heterocycles. The summed E-state index contributed by atoms with van der Waals surface area (Å²) in [6.07, 6.45) is 4.13. The van der Waals surface area contributed by atoms with Gasteiger partial charge in [0.15, 0.2) is 0 Å². The molecule has 0 spiro atoms. The number of carbonyl (C=O) groups is 4. The Morgan fingerprint density at radius 2 is 1.79 bits per heavy atom. The molecule has 1 aromatic heterocycles. The summed E-state index contributed by atoms with van der Waals surface area (Å²) in [7, 11) is -3.89. The minimum atomic E-state index is -3.89. The summed E-state index contributed by atoms with van der Waals surface area (Å²) >= 11 is 12.0. The number of hydrogen-bond acceptors (Lipinski definition) is 10. The Labute approximate surface area is 283 Å². The lowest BCUT2D eigenvalue weighted by Crippen LogP contribution is -2.60. The van der Waals surface area contributed by atoms with E-state index in [2.05, 4.69) is 31.9 Å². The van der Waals surface area contributed by atoms with E-state index in [-0.39, 0.29) is 41.8 Å². The SMILES string of the molecule is C=C[C@@H]1C[C@]1(NC(=O)[C@@H]1C[C@@H](Oc2cc(Cl)nc(Cl)n2)CN1C(=O)[C@@H](NC(=O)OC1CCCC1)C(C)(C)C)C(=O)NS(=O)(=O)C1CC1. The minimum absolute atomic E-state index is 0.0224. The van der Waals surface area contributed by atoms with E-state index < -0.39 is 74.1 Å². The maximum absolute atomic E-state index is 14.3. The maximum atomic E-state index is 14.3. The summed E-state index contributed by atoms with van der Waals surface area (Å²) in [4.78, 5) is 63.6. The van der Waals surface area contributed by atoms with E-state index >= 15 is 0 Å². The Balaban J connectivity index is 1.39. The van der Waals surface area contributed by atoms with Crippen LogP contribution < -0.4 is 20.1 Å². The van der Waals surface area contributed by atoms with E-state index in [0.29, 0.717) is 12.8 Å². The van der Waals surface area contributed by atoms with Gasteiger partial charge in [-0.25, -0.2) is 18.2 Å². The van der Waals surface area contributed by atoms with E-state index in [4.69, 9.17) is 32.7 Å². The lowest BCUT2D eigenvalue weighted by atomic mass is 9.85. The molecule has 0 radical (unpaired) electrons. The number of rotatable bonds is 11. The van der Waals surface area contributed by atoms with Crippen molar-refractivity contribution in [3.8, 4) is 5.88 Å². The van der Waals surface area contributed by atoms with Gasteiger partial charge in [-0.1, -0.05) is 38.4 Å². The van der Waals surface area contributed by atoms with Crippen LogP contribution in [-0.4, -0.2) is 88.7 Å². The van der Waals surface area contributed by atoms with E-state index in [1.54, 1.807) is 20.8 Å². The first-order valence-corrected chi connectivity index (χ1v) is 18.0. The molecule has 0 aromatic carbocycles. The second kappa shape index (κ2) is 13.4. The van der Waals surface area contributed by atoms with Crippen LogP contribution in [0, 0.1) is 11.3 Å². The van der Waals surface area contributed by atoms with Gasteiger partial charge >= 0.3 is 6.09 Å². The number of halogens is 2. The molecule has 1 aliphatic heterocycles. The van der Waals surface area contributed by atoms with Gasteiger partial charge in [-0.05, 0) is 62.0 Å². The summed E-state index contributed by atoms with van der Waals surface area (Å²) in [5.41, 5.74) is -2.36. The smallest absolute Gasteiger partial charge is 0.408 e. The molecular weight excluding hydrogens is 675 g/mol. The Hall–Kier alpha value is -3.17. The van der Waals surface area contributed by atoms with Crippen LogP contribution in [0.15, 0.2) is 18.7 Å². The first kappa shape index (κ1) is 35.1. The lowest BCUT2D eigenvalue weighted by molar-refractivity contribution is -0.143. The normalized spacial score (nSPS) is 26.7. The lowest BCUT2D eigenvalue weighted by Gasteiger charge is -2.35. The van der Waals surface area contributed by atoms with Crippen molar-refractivity contribution in [2.45, 2.75) is 107 Å². The van der Waals surface area contributed by atoms with E-state index in [9.17, 15) is 27.6 Å². The Bertz CT molecular complexity index is 1520. The molecule has 3 aliphatic carbocycles. The number of hydrogen-bond donors (Lipinski definition) is 3. The van der Waals surface area contributed by atoms with Crippen molar-refractivity contribution in [1.82, 2.24) is 30.2 Å². The highest BCUT2D eigenvalue weighted by molar-refractivity contribution is 7.91. The summed E-state index contributed by atoms with van der Waals surface area (Å²) < 4.78 is 38.8. The Morgan fingerprint density at radius 1 is 1.11 bits per heavy atom. The zero-order valence-electron chi connectivity index (χ0n) is 26.5. The molecule has 3 N–H and O–H groups in total. The van der Waals surface area contributed by atoms with Gasteiger partial charge in [-0.2, -0.15) is 4.98 Å². The highest BCUT2D eigenvalue weighted by Crippen LogP contribution is 2.45. The Kier molecular flexibility index (Phi) is 10.0. The number of amides is 4. The predicted molar refractivity (Wildman–Crippen MR) is 171 cm³/mol. The average Bonchev–Trinajstić information content (AvgIpc) is 3.85. The van der Waals surface area contributed by atoms with Gasteiger partial charge in [0.05, 0.1) is 11.8 Å². The van der Waals surface area contributed by atoms with Gasteiger partial charge in [0, 0.05) is 18.4 Å². The van der Waals surface area contributed by atoms with Gasteiger partial charge in [0.25, 0.3) is 5.91 Å². The van der Waals surface area contributed by atoms with E-state index in [1.807, 2.05) is 0 Å². The quantitative estimate of drug-likeness (QED) is 0.175. The molecule has 17 heteroatoms. The van der Waals surface area contributed by atoms with Gasteiger partial charge in [-0.15, -0.1) is 6.58 Å². The zero-order valence-corrected chi connectivity index (χ0v) is 28.8. The maximum Gasteiger partial charge on any atom is 0.408 e. The van der Waals surface area contributed by atoms with Crippen molar-refractivity contribution in [3.63, 3.8) is 0 Å². The van der Waals surface area contributed by atoms with Crippen LogP contribution in [-0.2, 0) is 29.1 Å². The van der Waals surface area contributed by atoms with Crippen molar-refractivity contribution >= 4 is 57.0 Å². The van der Waals surface area contributed by atoms with Crippen LogP contribution in [0.2, 0.25) is 10.4 Å². The molecule has 0 unspecified atom stereocenters. The summed E-state index contributed by atoms with van der Waals surface area (Å²) in [6, 6.07) is -0.936. The fourth-order valence-corrected chi connectivity index (χ4v) is 7.87. The third kappa shape index (κ3) is 8.11. The standard InChI is InChI=1S/C30H40Cl2N6O8S/c1-5-16-14-30(16,26(41)37-47(43,44)19-10-11-19)36-24(39)20-12-18(45-22-13-21(31)33-27(32)34-22)15-38(20)25(40)23(29(2,3)4)35-28(42)46-17-8-6-7-9-17/h5,13,16-20,23H,1,6-12,14-15H2,2-4H3,(H,35,42)(H,36,39)(H,37,41)/t16-,18-,20+,23-,30-/m1/s1. The first-order chi connectivity index (χ1) is 22.0. The highest BCUT2D eigenvalue weighted by atomic mass is 35.5. The molecule has 3 saturated carbocycles. The molecular formula is C30H40Cl2N6O8S. The summed E-state index contributed by atoms with van der Waals surface area (Å²) in [5.74, 6) is -2.64. The summed E-state index contributed by atoms with van der Waals surface area (Å²) in [6.45, 7) is 8.95. The fourth-order valence-electron chi connectivity index (χ4n) is 6.12. The third-order valence-corrected chi connectivity index (χ3v) is 11.2. The number of aromatic nitrogens is 2. The number of nitrogens with one attached hydrogen (secondary N) is 3. The van der Waals surface area contributed by atoms with Crippen LogP contribution >= 0.6 is 23.2 Å². The zero-order chi connectivity index (χ0) is 34.3. The average molecular weight is 716 g/mol.